The Hall–Kier alpha value is -0.650. The van der Waals surface area contributed by atoms with Gasteiger partial charge in [-0.25, -0.2) is 0 Å². The third kappa shape index (κ3) is 8.51. The first-order valence-corrected chi connectivity index (χ1v) is 7.71. The number of hydrogen-bond donors (Lipinski definition) is 1. The Kier molecular flexibility index (Phi) is 8.82. The largest absolute Gasteiger partial charge is 0.465 e. The molecule has 0 aromatic heterocycles. The molecule has 0 radical (unpaired) electrons. The quantitative estimate of drug-likeness (QED) is 0.438. The van der Waals surface area contributed by atoms with Crippen molar-refractivity contribution in [3.8, 4) is 0 Å². The molecule has 20 heavy (non-hydrogen) atoms. The molecule has 1 saturated carbocycles. The molecule has 0 aliphatic heterocycles. The zero-order valence-electron chi connectivity index (χ0n) is 13.0. The van der Waals surface area contributed by atoms with Crippen molar-refractivity contribution in [2.75, 3.05) is 33.0 Å². The topological polar surface area (TPSA) is 56.8 Å². The van der Waals surface area contributed by atoms with Gasteiger partial charge in [0.25, 0.3) is 0 Å². The van der Waals surface area contributed by atoms with E-state index in [1.807, 2.05) is 6.92 Å². The Morgan fingerprint density at radius 3 is 2.50 bits per heavy atom. The summed E-state index contributed by atoms with van der Waals surface area (Å²) in [4.78, 5) is 11.8. The van der Waals surface area contributed by atoms with Crippen LogP contribution in [0.15, 0.2) is 0 Å². The lowest BCUT2D eigenvalue weighted by atomic mass is 10.2. The van der Waals surface area contributed by atoms with Gasteiger partial charge in [0.2, 0.25) is 0 Å². The van der Waals surface area contributed by atoms with E-state index < -0.39 is 0 Å². The number of hydrogen-bond acceptors (Lipinski definition) is 5. The van der Waals surface area contributed by atoms with Gasteiger partial charge < -0.3 is 19.5 Å². The van der Waals surface area contributed by atoms with E-state index in [4.69, 9.17) is 14.2 Å². The summed E-state index contributed by atoms with van der Waals surface area (Å²) in [5.41, 5.74) is 0. The number of rotatable bonds is 12. The van der Waals surface area contributed by atoms with Crippen molar-refractivity contribution in [1.82, 2.24) is 5.32 Å². The van der Waals surface area contributed by atoms with Crippen LogP contribution in [-0.4, -0.2) is 51.1 Å². The third-order valence-corrected chi connectivity index (χ3v) is 2.96. The lowest BCUT2D eigenvalue weighted by Crippen LogP contribution is -2.40. The van der Waals surface area contributed by atoms with E-state index in [0.29, 0.717) is 44.8 Å². The summed E-state index contributed by atoms with van der Waals surface area (Å²) in [7, 11) is 0. The highest BCUT2D eigenvalue weighted by Crippen LogP contribution is 2.20. The van der Waals surface area contributed by atoms with E-state index in [9.17, 15) is 4.79 Å². The maximum atomic E-state index is 11.8. The first-order valence-electron chi connectivity index (χ1n) is 7.71. The fourth-order valence-electron chi connectivity index (χ4n) is 1.79. The van der Waals surface area contributed by atoms with E-state index in [1.54, 1.807) is 0 Å². The number of nitrogens with one attached hydrogen (secondary N) is 1. The van der Waals surface area contributed by atoms with Crippen LogP contribution in [0.1, 0.15) is 40.0 Å². The van der Waals surface area contributed by atoms with Gasteiger partial charge in [-0.1, -0.05) is 13.8 Å². The van der Waals surface area contributed by atoms with Gasteiger partial charge in [-0.2, -0.15) is 0 Å². The summed E-state index contributed by atoms with van der Waals surface area (Å²) in [6.45, 7) is 8.99. The molecule has 1 fully saturated rings. The molecule has 1 rings (SSSR count). The Labute approximate surface area is 122 Å². The highest BCUT2D eigenvalue weighted by atomic mass is 16.5. The van der Waals surface area contributed by atoms with Crippen molar-refractivity contribution in [2.24, 2.45) is 5.92 Å². The monoisotopic (exact) mass is 287 g/mol. The van der Waals surface area contributed by atoms with Gasteiger partial charge in [-0.15, -0.1) is 0 Å². The van der Waals surface area contributed by atoms with Crippen LogP contribution in [0, 0.1) is 5.92 Å². The minimum absolute atomic E-state index is 0.168. The Bertz CT molecular complexity index is 267. The zero-order valence-corrected chi connectivity index (χ0v) is 13.0. The van der Waals surface area contributed by atoms with Crippen molar-refractivity contribution in [1.29, 1.82) is 0 Å². The van der Waals surface area contributed by atoms with Crippen LogP contribution >= 0.6 is 0 Å². The van der Waals surface area contributed by atoms with Gasteiger partial charge in [0, 0.05) is 19.3 Å². The van der Waals surface area contributed by atoms with Gasteiger partial charge in [0.1, 0.15) is 6.04 Å². The summed E-state index contributed by atoms with van der Waals surface area (Å²) in [6.07, 6.45) is 2.96. The van der Waals surface area contributed by atoms with E-state index >= 15 is 0 Å². The molecule has 0 aromatic carbocycles. The SMILES string of the molecule is CCOC(=O)C(CCOCCOCC(C)C)NC1CC1. The van der Waals surface area contributed by atoms with Crippen molar-refractivity contribution in [2.45, 2.75) is 52.1 Å². The number of ether oxygens (including phenoxy) is 3. The standard InChI is InChI=1S/C15H29NO4/c1-4-20-15(17)14(16-13-5-6-13)7-8-18-9-10-19-11-12(2)3/h12-14,16H,4-11H2,1-3H3. The van der Waals surface area contributed by atoms with Crippen LogP contribution in [-0.2, 0) is 19.0 Å². The van der Waals surface area contributed by atoms with Gasteiger partial charge in [-0.05, 0) is 32.1 Å². The summed E-state index contributed by atoms with van der Waals surface area (Å²) in [5, 5.41) is 3.31. The molecule has 1 aliphatic carbocycles. The molecule has 5 nitrogen and oxygen atoms in total. The molecular weight excluding hydrogens is 258 g/mol. The predicted octanol–water partition coefficient (Wildman–Crippen LogP) is 1.75. The molecule has 0 heterocycles. The van der Waals surface area contributed by atoms with Crippen molar-refractivity contribution < 1.29 is 19.0 Å². The third-order valence-electron chi connectivity index (χ3n) is 2.96. The molecule has 118 valence electrons. The summed E-state index contributed by atoms with van der Waals surface area (Å²) in [6, 6.07) is 0.248. The number of carbonyl (C=O) groups excluding carboxylic acids is 1. The molecule has 1 unspecified atom stereocenters. The fraction of sp³-hybridized carbons (Fsp3) is 0.933. The maximum absolute atomic E-state index is 11.8. The Balaban J connectivity index is 2.07. The van der Waals surface area contributed by atoms with Crippen LogP contribution in [0.3, 0.4) is 0 Å². The highest BCUT2D eigenvalue weighted by Gasteiger charge is 2.28. The van der Waals surface area contributed by atoms with Gasteiger partial charge in [-0.3, -0.25) is 4.79 Å². The molecule has 1 aliphatic rings. The predicted molar refractivity (Wildman–Crippen MR) is 77.7 cm³/mol. The van der Waals surface area contributed by atoms with Gasteiger partial charge in [0.15, 0.2) is 0 Å². The number of carbonyl (C=O) groups is 1. The molecule has 1 N–H and O–H groups in total. The molecule has 1 atom stereocenters. The smallest absolute Gasteiger partial charge is 0.323 e. The highest BCUT2D eigenvalue weighted by molar-refractivity contribution is 5.75. The molecule has 0 bridgehead atoms. The normalized spacial score (nSPS) is 16.4. The van der Waals surface area contributed by atoms with Gasteiger partial charge >= 0.3 is 5.97 Å². The molecule has 0 spiro atoms. The second-order valence-electron chi connectivity index (χ2n) is 5.62. The van der Waals surface area contributed by atoms with Crippen LogP contribution in [0.25, 0.3) is 0 Å². The van der Waals surface area contributed by atoms with E-state index in [1.165, 1.54) is 0 Å². The first kappa shape index (κ1) is 17.4. The Morgan fingerprint density at radius 1 is 1.20 bits per heavy atom. The van der Waals surface area contributed by atoms with Gasteiger partial charge in [0.05, 0.1) is 19.8 Å². The molecule has 5 heteroatoms. The van der Waals surface area contributed by atoms with Crippen LogP contribution < -0.4 is 5.32 Å². The molecule has 0 saturated heterocycles. The van der Waals surface area contributed by atoms with Crippen molar-refractivity contribution >= 4 is 5.97 Å². The summed E-state index contributed by atoms with van der Waals surface area (Å²) < 4.78 is 16.0. The van der Waals surface area contributed by atoms with E-state index in [2.05, 4.69) is 19.2 Å². The minimum Gasteiger partial charge on any atom is -0.465 e. The zero-order chi connectivity index (χ0) is 14.8. The average molecular weight is 287 g/mol. The maximum Gasteiger partial charge on any atom is 0.323 e. The lowest BCUT2D eigenvalue weighted by molar-refractivity contribution is -0.146. The van der Waals surface area contributed by atoms with Crippen LogP contribution in [0.4, 0.5) is 0 Å². The second-order valence-corrected chi connectivity index (χ2v) is 5.62. The lowest BCUT2D eigenvalue weighted by Gasteiger charge is -2.17. The molecule has 0 aromatic rings. The fourth-order valence-corrected chi connectivity index (χ4v) is 1.79. The van der Waals surface area contributed by atoms with Crippen LogP contribution in [0.2, 0.25) is 0 Å². The van der Waals surface area contributed by atoms with Crippen LogP contribution in [0.5, 0.6) is 0 Å². The van der Waals surface area contributed by atoms with Crippen molar-refractivity contribution in [3.05, 3.63) is 0 Å². The van der Waals surface area contributed by atoms with E-state index in [-0.39, 0.29) is 12.0 Å². The van der Waals surface area contributed by atoms with E-state index in [0.717, 1.165) is 19.4 Å². The second kappa shape index (κ2) is 10.1. The first-order chi connectivity index (χ1) is 9.63. The summed E-state index contributed by atoms with van der Waals surface area (Å²) in [5.74, 6) is 0.380. The minimum atomic E-state index is -0.237. The molecular formula is C15H29NO4. The summed E-state index contributed by atoms with van der Waals surface area (Å²) >= 11 is 0. The average Bonchev–Trinajstić information content (AvgIpc) is 3.20. The van der Waals surface area contributed by atoms with Crippen molar-refractivity contribution in [3.63, 3.8) is 0 Å². The number of esters is 1. The Morgan fingerprint density at radius 2 is 1.90 bits per heavy atom. The molecule has 0 amide bonds.